The summed E-state index contributed by atoms with van der Waals surface area (Å²) in [6.45, 7) is 6.46. The molecule has 6 heteroatoms. The summed E-state index contributed by atoms with van der Waals surface area (Å²) in [5.41, 5.74) is 0. The number of allylic oxidation sites excluding steroid dienone is 6. The van der Waals surface area contributed by atoms with Crippen LogP contribution in [0.5, 0.6) is 0 Å². The molecule has 0 spiro atoms. The molecule has 0 aliphatic carbocycles. The molecule has 3 unspecified atom stereocenters. The average Bonchev–Trinajstić information content (AvgIpc) is 3.29. The molecule has 0 rings (SSSR count). The fraction of sp³-hybridized carbons (Fsp3) is 0.862. The minimum Gasteiger partial charge on any atom is -0.462 e. The third kappa shape index (κ3) is 46.6. The normalized spacial score (nSPS) is 13.4. The largest absolute Gasteiger partial charge is 0.462 e. The maximum absolute atomic E-state index is 13.2. The van der Waals surface area contributed by atoms with Crippen molar-refractivity contribution in [3.8, 4) is 0 Å². The van der Waals surface area contributed by atoms with E-state index < -0.39 is 18.2 Å². The molecule has 6 nitrogen and oxygen atoms in total. The summed E-state index contributed by atoms with van der Waals surface area (Å²) in [5.74, 6) is -0.472. The Morgan fingerprint density at radius 1 is 0.453 bits per heavy atom. The van der Waals surface area contributed by atoms with E-state index in [1.807, 2.05) is 0 Å². The molecule has 1 amide bonds. The lowest BCUT2D eigenvalue weighted by Gasteiger charge is -2.24. The van der Waals surface area contributed by atoms with E-state index in [1.165, 1.54) is 180 Å². The number of carbonyl (C=O) groups excluding carboxylic acids is 2. The number of unbranched alkanes of at least 4 members (excludes halogenated alkanes) is 33. The van der Waals surface area contributed by atoms with Gasteiger partial charge in [0.1, 0.15) is 6.10 Å². The predicted molar refractivity (Wildman–Crippen MR) is 278 cm³/mol. The third-order valence-corrected chi connectivity index (χ3v) is 12.9. The van der Waals surface area contributed by atoms with Crippen LogP contribution >= 0.6 is 0 Å². The van der Waals surface area contributed by atoms with Crippen molar-refractivity contribution in [2.75, 3.05) is 6.61 Å². The summed E-state index contributed by atoms with van der Waals surface area (Å²) in [6, 6.07) is -0.702. The van der Waals surface area contributed by atoms with Crippen LogP contribution in [-0.2, 0) is 14.3 Å². The molecule has 3 N–H and O–H groups in total. The highest BCUT2D eigenvalue weighted by atomic mass is 16.5. The quantitative estimate of drug-likeness (QED) is 0.0321. The Balaban J connectivity index is 4.51. The predicted octanol–water partition coefficient (Wildman–Crippen LogP) is 17.2. The lowest BCUT2D eigenvalue weighted by molar-refractivity contribution is -0.151. The first-order chi connectivity index (χ1) is 31.5. The van der Waals surface area contributed by atoms with Crippen LogP contribution in [0.2, 0.25) is 0 Å². The second-order valence-electron chi connectivity index (χ2n) is 19.3. The topological polar surface area (TPSA) is 95.9 Å². The van der Waals surface area contributed by atoms with Gasteiger partial charge >= 0.3 is 5.97 Å². The number of hydrogen-bond donors (Lipinski definition) is 3. The first-order valence-electron chi connectivity index (χ1n) is 28.2. The molecule has 0 saturated carbocycles. The highest BCUT2D eigenvalue weighted by molar-refractivity contribution is 5.77. The van der Waals surface area contributed by atoms with Gasteiger partial charge < -0.3 is 20.3 Å². The summed E-state index contributed by atoms with van der Waals surface area (Å²) in [7, 11) is 0. The lowest BCUT2D eigenvalue weighted by atomic mass is 10.0. The highest BCUT2D eigenvalue weighted by Gasteiger charge is 2.24. The van der Waals surface area contributed by atoms with Crippen LogP contribution in [0.25, 0.3) is 0 Å². The number of aliphatic hydroxyl groups is 2. The van der Waals surface area contributed by atoms with Crippen LogP contribution < -0.4 is 5.32 Å². The first kappa shape index (κ1) is 62.1. The highest BCUT2D eigenvalue weighted by Crippen LogP contribution is 2.18. The number of ether oxygens (including phenoxy) is 1. The Bertz CT molecular complexity index is 1060. The minimum atomic E-state index is -0.787. The van der Waals surface area contributed by atoms with Crippen molar-refractivity contribution in [1.29, 1.82) is 0 Å². The van der Waals surface area contributed by atoms with E-state index in [2.05, 4.69) is 62.5 Å². The standard InChI is InChI=1S/C58H109NO5/c1-4-7-10-13-16-19-21-23-25-27-28-30-32-34-36-39-42-45-48-51-58(63)64-54(49-46-43-40-38-35-33-31-29-26-24-22-20-17-14-11-8-5-2)52-57(62)59-55(53-60)56(61)50-47-44-41-37-18-15-12-9-6-3/h17,20,23-26,54-56,60-61H,4-16,18-19,21-22,27-53H2,1-3H3,(H,59,62)/b20-17-,25-23+,26-24-. The van der Waals surface area contributed by atoms with Gasteiger partial charge in [0, 0.05) is 6.42 Å². The number of esters is 1. The molecule has 0 aromatic carbocycles. The van der Waals surface area contributed by atoms with Crippen LogP contribution in [0.15, 0.2) is 36.5 Å². The Kier molecular flexibility index (Phi) is 50.5. The van der Waals surface area contributed by atoms with Crippen molar-refractivity contribution in [3.05, 3.63) is 36.5 Å². The zero-order valence-electron chi connectivity index (χ0n) is 42.9. The zero-order chi connectivity index (χ0) is 46.7. The lowest BCUT2D eigenvalue weighted by Crippen LogP contribution is -2.46. The second-order valence-corrected chi connectivity index (χ2v) is 19.3. The molecule has 0 saturated heterocycles. The molecule has 0 aromatic heterocycles. The molecule has 0 aliphatic rings. The maximum Gasteiger partial charge on any atom is 0.306 e. The Morgan fingerprint density at radius 3 is 1.23 bits per heavy atom. The minimum absolute atomic E-state index is 0.0740. The number of nitrogens with one attached hydrogen (secondary N) is 1. The molecule has 0 fully saturated rings. The van der Waals surface area contributed by atoms with Crippen molar-refractivity contribution in [1.82, 2.24) is 5.32 Å². The number of aliphatic hydroxyl groups excluding tert-OH is 2. The van der Waals surface area contributed by atoms with Crippen LogP contribution in [0, 0.1) is 0 Å². The van der Waals surface area contributed by atoms with Crippen LogP contribution in [0.3, 0.4) is 0 Å². The molecular formula is C58H109NO5. The summed E-state index contributed by atoms with van der Waals surface area (Å²) >= 11 is 0. The molecule has 3 atom stereocenters. The summed E-state index contributed by atoms with van der Waals surface area (Å²) in [6.07, 6.45) is 62.1. The molecular weight excluding hydrogens is 791 g/mol. The van der Waals surface area contributed by atoms with E-state index in [4.69, 9.17) is 4.74 Å². The summed E-state index contributed by atoms with van der Waals surface area (Å²) in [4.78, 5) is 26.2. The van der Waals surface area contributed by atoms with E-state index in [1.54, 1.807) is 0 Å². The molecule has 376 valence electrons. The van der Waals surface area contributed by atoms with E-state index in [0.717, 1.165) is 70.6 Å². The fourth-order valence-corrected chi connectivity index (χ4v) is 8.63. The van der Waals surface area contributed by atoms with Gasteiger partial charge in [0.25, 0.3) is 0 Å². The van der Waals surface area contributed by atoms with Gasteiger partial charge in [0.05, 0.1) is 25.2 Å². The van der Waals surface area contributed by atoms with Gasteiger partial charge in [-0.05, 0) is 83.5 Å². The number of rotatable bonds is 51. The average molecular weight is 901 g/mol. The Labute approximate surface area is 398 Å². The van der Waals surface area contributed by atoms with Crippen molar-refractivity contribution < 1.29 is 24.5 Å². The van der Waals surface area contributed by atoms with E-state index in [-0.39, 0.29) is 24.9 Å². The second kappa shape index (κ2) is 52.1. The maximum atomic E-state index is 13.2. The van der Waals surface area contributed by atoms with Gasteiger partial charge in [-0.2, -0.15) is 0 Å². The molecule has 0 aromatic rings. The van der Waals surface area contributed by atoms with Crippen molar-refractivity contribution >= 4 is 11.9 Å². The van der Waals surface area contributed by atoms with E-state index in [0.29, 0.717) is 19.3 Å². The summed E-state index contributed by atoms with van der Waals surface area (Å²) < 4.78 is 5.96. The van der Waals surface area contributed by atoms with Crippen molar-refractivity contribution in [3.63, 3.8) is 0 Å². The Hall–Kier alpha value is -1.92. The first-order valence-corrected chi connectivity index (χ1v) is 28.2. The molecule has 64 heavy (non-hydrogen) atoms. The van der Waals surface area contributed by atoms with Crippen LogP contribution in [-0.4, -0.2) is 46.9 Å². The smallest absolute Gasteiger partial charge is 0.306 e. The number of hydrogen-bond acceptors (Lipinski definition) is 5. The van der Waals surface area contributed by atoms with Gasteiger partial charge in [-0.3, -0.25) is 9.59 Å². The number of carbonyl (C=O) groups is 2. The molecule has 0 bridgehead atoms. The van der Waals surface area contributed by atoms with Crippen molar-refractivity contribution in [2.45, 2.75) is 315 Å². The SMILES string of the molecule is CCCCC/C=C\C/C=C\CCCCCCCCCC(CC(=O)NC(CO)C(O)CCCCCCCCCCC)OC(=O)CCCCCCCCCCC/C=C/CCCCCCCC. The van der Waals surface area contributed by atoms with Gasteiger partial charge in [-0.1, -0.05) is 237 Å². The van der Waals surface area contributed by atoms with Gasteiger partial charge in [-0.15, -0.1) is 0 Å². The van der Waals surface area contributed by atoms with Gasteiger partial charge in [0.15, 0.2) is 0 Å². The number of amides is 1. The molecule has 0 aliphatic heterocycles. The van der Waals surface area contributed by atoms with Gasteiger partial charge in [-0.25, -0.2) is 0 Å². The third-order valence-electron chi connectivity index (χ3n) is 12.9. The Morgan fingerprint density at radius 2 is 0.797 bits per heavy atom. The van der Waals surface area contributed by atoms with Crippen LogP contribution in [0.4, 0.5) is 0 Å². The zero-order valence-corrected chi connectivity index (χ0v) is 42.9. The molecule has 0 heterocycles. The fourth-order valence-electron chi connectivity index (χ4n) is 8.63. The monoisotopic (exact) mass is 900 g/mol. The van der Waals surface area contributed by atoms with Crippen molar-refractivity contribution in [2.24, 2.45) is 0 Å². The van der Waals surface area contributed by atoms with E-state index >= 15 is 0 Å². The summed E-state index contributed by atoms with van der Waals surface area (Å²) in [5, 5.41) is 23.7. The van der Waals surface area contributed by atoms with Gasteiger partial charge in [0.2, 0.25) is 5.91 Å². The molecule has 0 radical (unpaired) electrons. The van der Waals surface area contributed by atoms with Crippen LogP contribution in [0.1, 0.15) is 297 Å². The van der Waals surface area contributed by atoms with E-state index in [9.17, 15) is 19.8 Å².